The molecule has 0 unspecified atom stereocenters. The highest BCUT2D eigenvalue weighted by Gasteiger charge is 2.30. The maximum Gasteiger partial charge on any atom is 0.328 e. The molecule has 2 aromatic heterocycles. The number of benzene rings is 2. The molecule has 0 bridgehead atoms. The van der Waals surface area contributed by atoms with Crippen LogP contribution in [0, 0.1) is 40.5 Å². The first-order chi connectivity index (χ1) is 13.2. The largest absolute Gasteiger partial charge is 0.328 e. The average Bonchev–Trinajstić information content (AvgIpc) is 3.14. The van der Waals surface area contributed by atoms with Crippen LogP contribution in [0.4, 0.5) is 22.7 Å². The van der Waals surface area contributed by atoms with Gasteiger partial charge in [-0.3, -0.25) is 45.6 Å². The minimum absolute atomic E-state index is 0.206. The summed E-state index contributed by atoms with van der Waals surface area (Å²) < 4.78 is 1.66. The van der Waals surface area contributed by atoms with Crippen LogP contribution in [0.2, 0.25) is 0 Å². The Labute approximate surface area is 149 Å². The van der Waals surface area contributed by atoms with Gasteiger partial charge in [-0.25, -0.2) is 0 Å². The van der Waals surface area contributed by atoms with E-state index >= 15 is 0 Å². The van der Waals surface area contributed by atoms with Gasteiger partial charge in [-0.1, -0.05) is 0 Å². The number of aromatic nitrogens is 4. The van der Waals surface area contributed by atoms with Crippen molar-refractivity contribution in [2.24, 2.45) is 0 Å². The molecular weight excluding hydrogens is 384 g/mol. The Morgan fingerprint density at radius 1 is 0.821 bits per heavy atom. The van der Waals surface area contributed by atoms with Crippen LogP contribution in [0.5, 0.6) is 0 Å². The van der Waals surface area contributed by atoms with Gasteiger partial charge in [-0.15, -0.1) is 4.63 Å². The lowest BCUT2D eigenvalue weighted by Gasteiger charge is -1.96. The van der Waals surface area contributed by atoms with Crippen LogP contribution >= 0.6 is 0 Å². The van der Waals surface area contributed by atoms with Crippen LogP contribution in [0.1, 0.15) is 0 Å². The SMILES string of the molecule is O=[N+]([O-])c1cc([N+](=O)[O-])c2c(c1)nn1c3c([N+](=O)[O-])cc([N+](=O)[O-])cc3[n-][n+]21. The molecule has 0 amide bonds. The second kappa shape index (κ2) is 5.37. The summed E-state index contributed by atoms with van der Waals surface area (Å²) in [5, 5.41) is 52.6. The van der Waals surface area contributed by atoms with E-state index in [0.717, 1.165) is 21.4 Å². The Hall–Kier alpha value is -4.76. The number of non-ortho nitro benzene ring substituents is 4. The van der Waals surface area contributed by atoms with Crippen molar-refractivity contribution in [3.8, 4) is 0 Å². The number of rotatable bonds is 4. The Kier molecular flexibility index (Phi) is 3.20. The standard InChI is InChI=1S/C12H4N8O8/c21-17(22)5-1-7-11(9(3-5)19(25)26)15-14-8-2-6(18(23)24)4-10(20(27)28)12(8)16(15)13-7/h1-4H. The second-order valence-corrected chi connectivity index (χ2v) is 5.47. The van der Waals surface area contributed by atoms with Gasteiger partial charge in [-0.2, -0.15) is 4.63 Å². The topological polar surface area (TPSA) is 208 Å². The highest BCUT2D eigenvalue weighted by molar-refractivity contribution is 5.88. The zero-order valence-corrected chi connectivity index (χ0v) is 13.2. The summed E-state index contributed by atoms with van der Waals surface area (Å²) in [6.07, 6.45) is 0. The van der Waals surface area contributed by atoms with Crippen molar-refractivity contribution >= 4 is 44.8 Å². The highest BCUT2D eigenvalue weighted by atomic mass is 16.6. The van der Waals surface area contributed by atoms with Gasteiger partial charge in [0, 0.05) is 11.6 Å². The molecule has 0 N–H and O–H groups in total. The summed E-state index contributed by atoms with van der Waals surface area (Å²) in [5.41, 5.74) is -3.54. The summed E-state index contributed by atoms with van der Waals surface area (Å²) in [7, 11) is 0. The van der Waals surface area contributed by atoms with Crippen LogP contribution in [-0.2, 0) is 0 Å². The van der Waals surface area contributed by atoms with E-state index in [4.69, 9.17) is 0 Å². The molecule has 2 heterocycles. The van der Waals surface area contributed by atoms with E-state index in [0.29, 0.717) is 12.1 Å². The van der Waals surface area contributed by atoms with E-state index in [2.05, 4.69) is 10.2 Å². The molecule has 0 aliphatic carbocycles. The number of nitro benzene ring substituents is 4. The molecule has 0 spiro atoms. The van der Waals surface area contributed by atoms with Gasteiger partial charge < -0.3 is 0 Å². The van der Waals surface area contributed by atoms with Gasteiger partial charge >= 0.3 is 5.69 Å². The maximum absolute atomic E-state index is 11.4. The van der Waals surface area contributed by atoms with E-state index in [1.54, 1.807) is 0 Å². The lowest BCUT2D eigenvalue weighted by Crippen LogP contribution is -2.31. The van der Waals surface area contributed by atoms with Crippen LogP contribution in [0.25, 0.3) is 22.1 Å². The Bertz CT molecular complexity index is 1280. The monoisotopic (exact) mass is 388 g/mol. The van der Waals surface area contributed by atoms with Crippen LogP contribution < -0.4 is 9.73 Å². The average molecular weight is 388 g/mol. The number of nitrogens with zero attached hydrogens (tertiary/aromatic N) is 8. The number of hydrogen-bond acceptors (Lipinski definition) is 9. The lowest BCUT2D eigenvalue weighted by atomic mass is 10.2. The first kappa shape index (κ1) is 16.7. The minimum atomic E-state index is -0.889. The van der Waals surface area contributed by atoms with Gasteiger partial charge in [0.15, 0.2) is 0 Å². The molecule has 28 heavy (non-hydrogen) atoms. The molecule has 0 saturated carbocycles. The molecule has 140 valence electrons. The van der Waals surface area contributed by atoms with E-state index in [1.807, 2.05) is 0 Å². The molecular formula is C12H4N8O8. The number of fused-ring (bicyclic) bond motifs is 5. The summed E-state index contributed by atoms with van der Waals surface area (Å²) >= 11 is 0. The van der Waals surface area contributed by atoms with Crippen molar-refractivity contribution in [2.45, 2.75) is 0 Å². The fourth-order valence-corrected chi connectivity index (χ4v) is 2.81. The zero-order valence-electron chi connectivity index (χ0n) is 13.2. The van der Waals surface area contributed by atoms with Crippen molar-refractivity contribution in [1.82, 2.24) is 14.8 Å². The third-order valence-corrected chi connectivity index (χ3v) is 3.91. The van der Waals surface area contributed by atoms with Gasteiger partial charge in [0.2, 0.25) is 5.52 Å². The molecule has 0 fully saturated rings. The third-order valence-electron chi connectivity index (χ3n) is 3.91. The van der Waals surface area contributed by atoms with Crippen LogP contribution in [-0.4, -0.2) is 29.4 Å². The smallest absolute Gasteiger partial charge is 0.270 e. The second-order valence-electron chi connectivity index (χ2n) is 5.47. The molecule has 16 heteroatoms. The summed E-state index contributed by atoms with van der Waals surface area (Å²) in [6.45, 7) is 0. The van der Waals surface area contributed by atoms with Crippen molar-refractivity contribution in [2.75, 3.05) is 0 Å². The quantitative estimate of drug-likeness (QED) is 0.273. The van der Waals surface area contributed by atoms with E-state index in [1.165, 1.54) is 0 Å². The fourth-order valence-electron chi connectivity index (χ4n) is 2.81. The van der Waals surface area contributed by atoms with Crippen molar-refractivity contribution in [3.63, 3.8) is 0 Å². The molecule has 4 rings (SSSR count). The molecule has 0 atom stereocenters. The van der Waals surface area contributed by atoms with E-state index < -0.39 is 42.4 Å². The van der Waals surface area contributed by atoms with Gasteiger partial charge in [0.1, 0.15) is 5.52 Å². The Morgan fingerprint density at radius 3 is 1.96 bits per heavy atom. The minimum Gasteiger partial charge on any atom is -0.270 e. The summed E-state index contributed by atoms with van der Waals surface area (Å²) in [5.74, 6) is 0. The number of nitro groups is 4. The first-order valence-corrected chi connectivity index (χ1v) is 7.16. The molecule has 16 nitrogen and oxygen atoms in total. The third kappa shape index (κ3) is 2.18. The number of hydrogen-bond donors (Lipinski definition) is 0. The van der Waals surface area contributed by atoms with E-state index in [9.17, 15) is 40.5 Å². The molecule has 0 aliphatic rings. The summed E-state index contributed by atoms with van der Waals surface area (Å²) in [6, 6.07) is 3.31. The normalized spacial score (nSPS) is 11.3. The maximum atomic E-state index is 11.4. The zero-order chi connectivity index (χ0) is 20.3. The Morgan fingerprint density at radius 2 is 1.39 bits per heavy atom. The molecule has 0 aliphatic heterocycles. The van der Waals surface area contributed by atoms with E-state index in [-0.39, 0.29) is 22.1 Å². The Balaban J connectivity index is 2.22. The van der Waals surface area contributed by atoms with Gasteiger partial charge in [0.25, 0.3) is 22.6 Å². The molecule has 0 radical (unpaired) electrons. The molecule has 2 aromatic carbocycles. The molecule has 0 saturated heterocycles. The predicted molar refractivity (Wildman–Crippen MR) is 85.8 cm³/mol. The van der Waals surface area contributed by atoms with Gasteiger partial charge in [-0.05, 0) is 5.10 Å². The molecule has 4 aromatic rings. The lowest BCUT2D eigenvalue weighted by molar-refractivity contribution is -0.656. The fraction of sp³-hybridized carbons (Fsp3) is 0. The van der Waals surface area contributed by atoms with Crippen molar-refractivity contribution in [3.05, 3.63) is 64.7 Å². The van der Waals surface area contributed by atoms with Crippen molar-refractivity contribution in [1.29, 1.82) is 0 Å². The van der Waals surface area contributed by atoms with Crippen molar-refractivity contribution < 1.29 is 24.3 Å². The van der Waals surface area contributed by atoms with Crippen LogP contribution in [0.15, 0.2) is 24.3 Å². The first-order valence-electron chi connectivity index (χ1n) is 7.16. The van der Waals surface area contributed by atoms with Gasteiger partial charge in [0.05, 0.1) is 37.9 Å². The highest BCUT2D eigenvalue weighted by Crippen LogP contribution is 2.31. The van der Waals surface area contributed by atoms with Crippen LogP contribution in [0.3, 0.4) is 0 Å². The predicted octanol–water partition coefficient (Wildman–Crippen LogP) is 0.816. The summed E-state index contributed by atoms with van der Waals surface area (Å²) in [4.78, 5) is 41.3.